The predicted molar refractivity (Wildman–Crippen MR) is 568 cm³/mol. The number of benzene rings is 6. The zero-order chi connectivity index (χ0) is 103. The number of aliphatic hydroxyl groups is 2. The van der Waals surface area contributed by atoms with Crippen LogP contribution in [0.1, 0.15) is 115 Å². The van der Waals surface area contributed by atoms with E-state index in [0.29, 0.717) is 65.3 Å². The van der Waals surface area contributed by atoms with E-state index in [1.807, 2.05) is 172 Å². The first kappa shape index (κ1) is 104. The molecule has 12 aromatic heterocycles. The van der Waals surface area contributed by atoms with Gasteiger partial charge in [-0.3, -0.25) is 32.2 Å². The number of aliphatic hydroxyl groups excluding tert-OH is 2. The van der Waals surface area contributed by atoms with Crippen LogP contribution in [0.5, 0.6) is 0 Å². The van der Waals surface area contributed by atoms with E-state index in [2.05, 4.69) is 169 Å². The van der Waals surface area contributed by atoms with E-state index in [-0.39, 0.29) is 77.4 Å². The third-order valence-electron chi connectivity index (χ3n) is 24.5. The van der Waals surface area contributed by atoms with Gasteiger partial charge < -0.3 is 46.2 Å². The van der Waals surface area contributed by atoms with Crippen LogP contribution in [0.2, 0.25) is 0 Å². The minimum atomic E-state index is -0.350. The van der Waals surface area contributed by atoms with Gasteiger partial charge in [-0.05, 0) is 277 Å². The number of aromatic nitrogens is 16. The number of fused-ring (bicyclic) bond motifs is 4. The van der Waals surface area contributed by atoms with Crippen LogP contribution in [-0.4, -0.2) is 212 Å². The molecule has 28 nitrogen and oxygen atoms in total. The van der Waals surface area contributed by atoms with Crippen LogP contribution in [0.4, 0.5) is 41.4 Å². The van der Waals surface area contributed by atoms with Crippen LogP contribution < -0.4 is 21.3 Å². The molecular formula is C113H125F4N25O3. The molecule has 3 atom stereocenters. The molecule has 0 aliphatic carbocycles. The Balaban J connectivity index is 0.000000146. The lowest BCUT2D eigenvalue weighted by molar-refractivity contribution is -0.133. The highest BCUT2D eigenvalue weighted by Gasteiger charge is 2.28. The van der Waals surface area contributed by atoms with Gasteiger partial charge in [0.05, 0.1) is 106 Å². The van der Waals surface area contributed by atoms with Gasteiger partial charge in [-0.15, -0.1) is 0 Å². The number of hydrogen-bond donors (Lipinski definition) is 6. The minimum absolute atomic E-state index is 0.00131. The average molecular weight is 1960 g/mol. The standard InChI is InChI=1S/C32H34FN7O.C30H31FN6O2.C26H31FN6.C25H29FN6/c1-21(24-9-7-6-8-10-24)35-32-34-17-15-27(36-32)30-29(25-11-13-26(33)14-12-25)37-28-19-23(16-18-40(28)30)20-39(5)22(2)31(41)38(3)4;1-20(22-6-4-3-5-7-22)33-30-32-14-12-26(34-30)29-28(23-8-10-24(31)11-9-23)35-27-16-21(13-15-37(27)29)17-36(2)25(18-38)19-39;1-6-32(5)16-18-12-14-33-22(15-18)31-23(19-7-9-20(27)10-8-19)24(33)21-11-13-28-25(30-21)29-17-26(2,3)4;1-25(2,3)16-28-24-27-12-10-20(29-24)23-22(18-6-8-19(26)9-7-18)30-21-14-17(15-31(4)5)11-13-32(21)23/h6-19,21-22H,20H2,1-5H3,(H,34,35,36);3-16,20,25,38-39H,17-19H2,1-2H3,(H,32,33,34);7-15H,6,16-17H2,1-5H3,(H,28,29,30);6-14H,15-16H2,1-5H3,(H,27,28,29)/t21-,22-;20-;;/m00../s1. The molecule has 6 N–H and O–H groups in total. The van der Waals surface area contributed by atoms with Crippen LogP contribution in [-0.2, 0) is 31.0 Å². The fourth-order valence-electron chi connectivity index (χ4n) is 16.5. The molecule has 0 radical (unpaired) electrons. The molecule has 145 heavy (non-hydrogen) atoms. The summed E-state index contributed by atoms with van der Waals surface area (Å²) in [6, 6.07) is 68.8. The second-order valence-corrected chi connectivity index (χ2v) is 39.1. The summed E-state index contributed by atoms with van der Waals surface area (Å²) >= 11 is 0. The summed E-state index contributed by atoms with van der Waals surface area (Å²) < 4.78 is 62.8. The highest BCUT2D eigenvalue weighted by molar-refractivity contribution is 5.85. The van der Waals surface area contributed by atoms with Crippen molar-refractivity contribution in [3.05, 3.63) is 337 Å². The number of likely N-dealkylation sites (N-methyl/N-ethyl adjacent to an activating group) is 3. The summed E-state index contributed by atoms with van der Waals surface area (Å²) in [5.41, 5.74) is 22.1. The summed E-state index contributed by atoms with van der Waals surface area (Å²) in [5, 5.41) is 32.5. The second-order valence-electron chi connectivity index (χ2n) is 39.1. The normalized spacial score (nSPS) is 12.3. The van der Waals surface area contributed by atoms with E-state index in [1.165, 1.54) is 59.7 Å². The Bertz CT molecular complexity index is 7400. The first-order chi connectivity index (χ1) is 69.6. The van der Waals surface area contributed by atoms with Gasteiger partial charge in [0.15, 0.2) is 0 Å². The monoisotopic (exact) mass is 1960 g/mol. The van der Waals surface area contributed by atoms with E-state index in [4.69, 9.17) is 39.9 Å². The zero-order valence-corrected chi connectivity index (χ0v) is 84.9. The number of anilines is 4. The van der Waals surface area contributed by atoms with Crippen LogP contribution in [0.3, 0.4) is 0 Å². The number of amides is 1. The molecule has 6 aromatic carbocycles. The topological polar surface area (TPSA) is 294 Å². The van der Waals surface area contributed by atoms with Crippen molar-refractivity contribution in [1.29, 1.82) is 0 Å². The third kappa shape index (κ3) is 26.5. The highest BCUT2D eigenvalue weighted by atomic mass is 19.1. The number of nitrogens with zero attached hydrogens (tertiary/aromatic N) is 21. The van der Waals surface area contributed by atoms with E-state index in [9.17, 15) is 32.6 Å². The number of nitrogens with one attached hydrogen (secondary N) is 4. The van der Waals surface area contributed by atoms with Gasteiger partial charge in [0.2, 0.25) is 29.7 Å². The molecule has 0 aliphatic rings. The molecular weight excluding hydrogens is 1830 g/mol. The van der Waals surface area contributed by atoms with Gasteiger partial charge >= 0.3 is 0 Å². The molecule has 748 valence electrons. The van der Waals surface area contributed by atoms with Crippen molar-refractivity contribution in [2.75, 3.05) is 103 Å². The third-order valence-corrected chi connectivity index (χ3v) is 24.5. The SMILES string of the molecule is CCN(C)Cc1ccn2c(-c3ccnc(NCC(C)(C)C)n3)c(-c3ccc(F)cc3)nc2c1.CN(C)Cc1ccn2c(-c3ccnc(NCC(C)(C)C)n3)c(-c3ccc(F)cc3)nc2c1.C[C@H](Nc1nccc(-c2c(-c3ccc(F)cc3)nc3cc(CN(C)C(CO)CO)ccn23)n1)c1ccccc1.C[C@H](Nc1nccc(-c2c(-c3ccc(F)cc3)nc3cc(CN(C)[C@@H](C)C(=O)N(C)C)ccn23)n1)c1ccccc1. The lowest BCUT2D eigenvalue weighted by atomic mass is 9.97. The van der Waals surface area contributed by atoms with Crippen LogP contribution in [0.15, 0.2) is 280 Å². The molecule has 32 heteroatoms. The largest absolute Gasteiger partial charge is 0.395 e. The summed E-state index contributed by atoms with van der Waals surface area (Å²) in [6.45, 7) is 26.1. The molecule has 0 aliphatic heterocycles. The Morgan fingerprint density at radius 1 is 0.366 bits per heavy atom. The predicted octanol–water partition coefficient (Wildman–Crippen LogP) is 20.9. The number of pyridine rings is 4. The second kappa shape index (κ2) is 46.7. The van der Waals surface area contributed by atoms with Crippen molar-refractivity contribution in [1.82, 2.24) is 102 Å². The Labute approximate surface area is 843 Å². The van der Waals surface area contributed by atoms with Crippen LogP contribution in [0.25, 0.3) is 113 Å². The van der Waals surface area contributed by atoms with Crippen molar-refractivity contribution >= 4 is 52.3 Å². The Morgan fingerprint density at radius 2 is 0.655 bits per heavy atom. The summed E-state index contributed by atoms with van der Waals surface area (Å²) in [7, 11) is 13.5. The minimum Gasteiger partial charge on any atom is -0.395 e. The maximum absolute atomic E-state index is 13.8. The number of hydrogen-bond acceptors (Lipinski definition) is 23. The van der Waals surface area contributed by atoms with Crippen LogP contribution in [0, 0.1) is 34.1 Å². The van der Waals surface area contributed by atoms with Crippen molar-refractivity contribution in [3.63, 3.8) is 0 Å². The van der Waals surface area contributed by atoms with E-state index >= 15 is 0 Å². The fraction of sp³-hybridized carbons (Fsp3) is 0.283. The van der Waals surface area contributed by atoms with E-state index < -0.39 is 0 Å². The van der Waals surface area contributed by atoms with Gasteiger partial charge in [-0.1, -0.05) is 109 Å². The van der Waals surface area contributed by atoms with Gasteiger partial charge in [-0.2, -0.15) is 0 Å². The molecule has 1 amide bonds. The zero-order valence-electron chi connectivity index (χ0n) is 84.9. The molecule has 18 aromatic rings. The summed E-state index contributed by atoms with van der Waals surface area (Å²) in [6.07, 6.45) is 14.9. The summed E-state index contributed by atoms with van der Waals surface area (Å²) in [5.74, 6) is 0.995. The Hall–Kier alpha value is -15.5. The van der Waals surface area contributed by atoms with Gasteiger partial charge in [-0.25, -0.2) is 77.4 Å². The maximum atomic E-state index is 13.8. The van der Waals surface area contributed by atoms with Crippen LogP contribution >= 0.6 is 0 Å². The van der Waals surface area contributed by atoms with Crippen molar-refractivity contribution < 1.29 is 32.6 Å². The van der Waals surface area contributed by atoms with Crippen molar-refractivity contribution in [2.24, 2.45) is 10.8 Å². The Morgan fingerprint density at radius 3 is 0.945 bits per heavy atom. The molecule has 0 fully saturated rings. The smallest absolute Gasteiger partial charge is 0.239 e. The number of carbonyl (C=O) groups is 1. The molecule has 12 heterocycles. The maximum Gasteiger partial charge on any atom is 0.239 e. The first-order valence-electron chi connectivity index (χ1n) is 48.3. The quantitative estimate of drug-likeness (QED) is 0.0214. The Kier molecular flexibility index (Phi) is 33.5. The number of halogens is 4. The molecule has 0 saturated heterocycles. The van der Waals surface area contributed by atoms with Crippen molar-refractivity contribution in [2.45, 2.75) is 120 Å². The average Bonchev–Trinajstić information content (AvgIpc) is 1.62. The first-order valence-corrected chi connectivity index (χ1v) is 48.3. The van der Waals surface area contributed by atoms with Gasteiger partial charge in [0.25, 0.3) is 0 Å². The van der Waals surface area contributed by atoms with Crippen molar-refractivity contribution in [3.8, 4) is 90.6 Å². The molecule has 0 saturated carbocycles. The molecule has 0 unspecified atom stereocenters. The molecule has 0 spiro atoms. The molecule has 0 bridgehead atoms. The summed E-state index contributed by atoms with van der Waals surface area (Å²) in [4.78, 5) is 79.0. The highest BCUT2D eigenvalue weighted by Crippen LogP contribution is 2.40. The van der Waals surface area contributed by atoms with Gasteiger partial charge in [0, 0.05) is 125 Å². The lowest BCUT2D eigenvalue weighted by Gasteiger charge is -2.26. The lowest BCUT2D eigenvalue weighted by Crippen LogP contribution is -2.42. The molecule has 18 rings (SSSR count). The fourth-order valence-corrected chi connectivity index (χ4v) is 16.5. The van der Waals surface area contributed by atoms with E-state index in [0.717, 1.165) is 140 Å². The van der Waals surface area contributed by atoms with Gasteiger partial charge in [0.1, 0.15) is 45.9 Å². The number of carbonyl (C=O) groups excluding carboxylic acids is 1. The van der Waals surface area contributed by atoms with E-state index in [1.54, 1.807) is 92.3 Å². The number of imidazole rings is 4. The number of rotatable bonds is 32.